The Bertz CT molecular complexity index is 242. The van der Waals surface area contributed by atoms with Gasteiger partial charge in [-0.2, -0.15) is 0 Å². The summed E-state index contributed by atoms with van der Waals surface area (Å²) in [6.45, 7) is 6.43. The SMILES string of the molecule is CCCCCC#CP(=O)(OCC)OCC. The van der Waals surface area contributed by atoms with Crippen LogP contribution in [0.2, 0.25) is 0 Å². The minimum Gasteiger partial charge on any atom is -0.300 e. The first kappa shape index (κ1) is 14.7. The molecule has 0 aliphatic carbocycles. The molecule has 0 aliphatic rings. The molecule has 3 nitrogen and oxygen atoms in total. The summed E-state index contributed by atoms with van der Waals surface area (Å²) in [6, 6.07) is 0. The lowest BCUT2D eigenvalue weighted by atomic mass is 10.2. The highest BCUT2D eigenvalue weighted by molar-refractivity contribution is 7.59. The van der Waals surface area contributed by atoms with Gasteiger partial charge >= 0.3 is 7.60 Å². The standard InChI is InChI=1S/C11H21O3P/c1-4-7-8-9-10-11-15(12,13-5-2)14-6-3/h4-9H2,1-3H3. The summed E-state index contributed by atoms with van der Waals surface area (Å²) in [6.07, 6.45) is 4.12. The van der Waals surface area contributed by atoms with Crippen LogP contribution in [0.5, 0.6) is 0 Å². The maximum absolute atomic E-state index is 11.8. The van der Waals surface area contributed by atoms with Gasteiger partial charge in [-0.1, -0.05) is 25.7 Å². The lowest BCUT2D eigenvalue weighted by molar-refractivity contribution is 0.230. The van der Waals surface area contributed by atoms with Gasteiger partial charge in [-0.3, -0.25) is 9.05 Å². The molecule has 0 unspecified atom stereocenters. The Balaban J connectivity index is 4.08. The average Bonchev–Trinajstić information content (AvgIpc) is 2.18. The number of hydrogen-bond acceptors (Lipinski definition) is 3. The topological polar surface area (TPSA) is 35.5 Å². The van der Waals surface area contributed by atoms with E-state index in [2.05, 4.69) is 18.5 Å². The van der Waals surface area contributed by atoms with Gasteiger partial charge in [0.15, 0.2) is 0 Å². The van der Waals surface area contributed by atoms with Crippen molar-refractivity contribution in [1.29, 1.82) is 0 Å². The number of hydrogen-bond donors (Lipinski definition) is 0. The van der Waals surface area contributed by atoms with Crippen LogP contribution in [-0.4, -0.2) is 13.2 Å². The van der Waals surface area contributed by atoms with Crippen molar-refractivity contribution in [3.8, 4) is 11.6 Å². The van der Waals surface area contributed by atoms with Gasteiger partial charge in [0.1, 0.15) is 0 Å². The summed E-state index contributed by atoms with van der Waals surface area (Å²) in [5, 5.41) is 0. The summed E-state index contributed by atoms with van der Waals surface area (Å²) in [4.78, 5) is 0. The molecule has 0 aromatic heterocycles. The number of rotatable bonds is 7. The van der Waals surface area contributed by atoms with Crippen LogP contribution in [0.3, 0.4) is 0 Å². The highest BCUT2D eigenvalue weighted by atomic mass is 31.2. The molecule has 15 heavy (non-hydrogen) atoms. The van der Waals surface area contributed by atoms with Gasteiger partial charge in [-0.25, -0.2) is 4.57 Å². The third-order valence-electron chi connectivity index (χ3n) is 1.72. The fourth-order valence-corrected chi connectivity index (χ4v) is 2.25. The van der Waals surface area contributed by atoms with Crippen LogP contribution in [-0.2, 0) is 13.6 Å². The largest absolute Gasteiger partial charge is 0.405 e. The summed E-state index contributed by atoms with van der Waals surface area (Å²) in [7, 11) is -3.13. The lowest BCUT2D eigenvalue weighted by Gasteiger charge is -2.09. The fourth-order valence-electron chi connectivity index (χ4n) is 1.06. The second kappa shape index (κ2) is 8.97. The highest BCUT2D eigenvalue weighted by Gasteiger charge is 2.19. The maximum atomic E-state index is 11.8. The Morgan fingerprint density at radius 3 is 2.13 bits per heavy atom. The Kier molecular flexibility index (Phi) is 8.80. The van der Waals surface area contributed by atoms with Crippen LogP contribution in [0.25, 0.3) is 0 Å². The van der Waals surface area contributed by atoms with Crippen molar-refractivity contribution in [2.75, 3.05) is 13.2 Å². The molecule has 0 amide bonds. The van der Waals surface area contributed by atoms with E-state index in [1.165, 1.54) is 0 Å². The Morgan fingerprint density at radius 2 is 1.67 bits per heavy atom. The molecule has 0 radical (unpaired) electrons. The minimum absolute atomic E-state index is 0.362. The first-order valence-corrected chi connectivity index (χ1v) is 7.12. The zero-order valence-corrected chi connectivity index (χ0v) is 10.8. The van der Waals surface area contributed by atoms with Crippen LogP contribution in [0.15, 0.2) is 0 Å². The fraction of sp³-hybridized carbons (Fsp3) is 0.818. The Morgan fingerprint density at radius 1 is 1.07 bits per heavy atom. The molecular formula is C11H21O3P. The summed E-state index contributed by atoms with van der Waals surface area (Å²) < 4.78 is 21.9. The van der Waals surface area contributed by atoms with Gasteiger partial charge in [0.25, 0.3) is 0 Å². The molecular weight excluding hydrogens is 211 g/mol. The minimum atomic E-state index is -3.13. The molecule has 0 spiro atoms. The first-order chi connectivity index (χ1) is 7.18. The smallest absolute Gasteiger partial charge is 0.300 e. The predicted octanol–water partition coefficient (Wildman–Crippen LogP) is 3.79. The van der Waals surface area contributed by atoms with E-state index < -0.39 is 7.60 Å². The van der Waals surface area contributed by atoms with E-state index in [9.17, 15) is 4.57 Å². The molecule has 0 heterocycles. The molecule has 0 atom stereocenters. The zero-order valence-electron chi connectivity index (χ0n) is 9.91. The second-order valence-corrected chi connectivity index (χ2v) is 4.81. The normalized spacial score (nSPS) is 10.9. The number of unbranched alkanes of at least 4 members (excludes halogenated alkanes) is 3. The molecule has 0 N–H and O–H groups in total. The van der Waals surface area contributed by atoms with Gasteiger partial charge in [0.2, 0.25) is 0 Å². The van der Waals surface area contributed by atoms with Crippen molar-refractivity contribution in [2.24, 2.45) is 0 Å². The Hall–Kier alpha value is -0.290. The van der Waals surface area contributed by atoms with Gasteiger partial charge in [-0.05, 0) is 20.3 Å². The second-order valence-electron chi connectivity index (χ2n) is 3.08. The molecule has 0 rings (SSSR count). The van der Waals surface area contributed by atoms with E-state index in [1.807, 2.05) is 0 Å². The molecule has 0 aromatic carbocycles. The van der Waals surface area contributed by atoms with Gasteiger partial charge in [-0.15, -0.1) is 0 Å². The van der Waals surface area contributed by atoms with Crippen molar-refractivity contribution >= 4 is 7.60 Å². The lowest BCUT2D eigenvalue weighted by Crippen LogP contribution is -1.92. The van der Waals surface area contributed by atoms with Crippen molar-refractivity contribution in [3.05, 3.63) is 0 Å². The molecule has 0 bridgehead atoms. The van der Waals surface area contributed by atoms with Crippen LogP contribution in [0.4, 0.5) is 0 Å². The summed E-state index contributed by atoms with van der Waals surface area (Å²) in [5.41, 5.74) is 2.62. The maximum Gasteiger partial charge on any atom is 0.405 e. The van der Waals surface area contributed by atoms with E-state index in [0.29, 0.717) is 13.2 Å². The molecule has 88 valence electrons. The van der Waals surface area contributed by atoms with Crippen LogP contribution in [0, 0.1) is 11.6 Å². The van der Waals surface area contributed by atoms with Crippen LogP contribution < -0.4 is 0 Å². The van der Waals surface area contributed by atoms with E-state index >= 15 is 0 Å². The Labute approximate surface area is 93.1 Å². The summed E-state index contributed by atoms with van der Waals surface area (Å²) in [5.74, 6) is 2.87. The molecule has 0 fully saturated rings. The van der Waals surface area contributed by atoms with Crippen LogP contribution in [0.1, 0.15) is 46.5 Å². The quantitative estimate of drug-likeness (QED) is 0.380. The van der Waals surface area contributed by atoms with Crippen molar-refractivity contribution in [3.63, 3.8) is 0 Å². The van der Waals surface area contributed by atoms with Crippen molar-refractivity contribution < 1.29 is 13.6 Å². The van der Waals surface area contributed by atoms with E-state index in [1.54, 1.807) is 13.8 Å². The van der Waals surface area contributed by atoms with Gasteiger partial charge in [0.05, 0.1) is 13.2 Å². The first-order valence-electron chi connectivity index (χ1n) is 5.57. The van der Waals surface area contributed by atoms with Gasteiger partial charge in [0, 0.05) is 12.1 Å². The monoisotopic (exact) mass is 232 g/mol. The van der Waals surface area contributed by atoms with E-state index in [0.717, 1.165) is 25.7 Å². The molecule has 4 heteroatoms. The highest BCUT2D eigenvalue weighted by Crippen LogP contribution is 2.46. The van der Waals surface area contributed by atoms with Crippen molar-refractivity contribution in [1.82, 2.24) is 0 Å². The van der Waals surface area contributed by atoms with E-state index in [4.69, 9.17) is 9.05 Å². The van der Waals surface area contributed by atoms with Gasteiger partial charge < -0.3 is 0 Å². The van der Waals surface area contributed by atoms with Crippen LogP contribution >= 0.6 is 7.60 Å². The molecule has 0 aromatic rings. The third-order valence-corrected chi connectivity index (χ3v) is 3.35. The average molecular weight is 232 g/mol. The summed E-state index contributed by atoms with van der Waals surface area (Å²) >= 11 is 0. The predicted molar refractivity (Wildman–Crippen MR) is 62.8 cm³/mol. The third kappa shape index (κ3) is 7.62. The molecule has 0 saturated heterocycles. The van der Waals surface area contributed by atoms with Crippen molar-refractivity contribution in [2.45, 2.75) is 46.5 Å². The van der Waals surface area contributed by atoms with E-state index in [-0.39, 0.29) is 0 Å². The molecule has 0 aliphatic heterocycles. The zero-order chi connectivity index (χ0) is 11.6. The molecule has 0 saturated carbocycles.